The first-order valence-electron chi connectivity index (χ1n) is 4.68. The Kier molecular flexibility index (Phi) is 6.74. The minimum atomic E-state index is -1.34. The molecule has 0 rings (SSSR count). The summed E-state index contributed by atoms with van der Waals surface area (Å²) >= 11 is 0. The number of carboxylic acid groups (broad SMARTS) is 1. The van der Waals surface area contributed by atoms with Crippen molar-refractivity contribution in [2.75, 3.05) is 19.0 Å². The summed E-state index contributed by atoms with van der Waals surface area (Å²) < 4.78 is 16.6. The lowest BCUT2D eigenvalue weighted by Gasteiger charge is -2.15. The second-order valence-electron chi connectivity index (χ2n) is 3.28. The summed E-state index contributed by atoms with van der Waals surface area (Å²) in [5.74, 6) is -0.812. The van der Waals surface area contributed by atoms with Crippen LogP contribution in [-0.2, 0) is 20.3 Å². The van der Waals surface area contributed by atoms with E-state index in [4.69, 9.17) is 9.84 Å². The molecule has 0 saturated heterocycles. The van der Waals surface area contributed by atoms with Gasteiger partial charge in [0, 0.05) is 23.2 Å². The second-order valence-corrected chi connectivity index (χ2v) is 4.96. The highest BCUT2D eigenvalue weighted by Crippen LogP contribution is 2.10. The largest absolute Gasteiger partial charge is 0.480 e. The third-order valence-electron chi connectivity index (χ3n) is 1.77. The molecule has 0 aliphatic heterocycles. The van der Waals surface area contributed by atoms with Crippen LogP contribution in [0, 0.1) is 5.92 Å². The predicted octanol–water partition coefficient (Wildman–Crippen LogP) is 0.881. The molecule has 0 radical (unpaired) electrons. The van der Waals surface area contributed by atoms with Crippen molar-refractivity contribution in [3.8, 4) is 0 Å². The van der Waals surface area contributed by atoms with Crippen molar-refractivity contribution in [2.24, 2.45) is 5.92 Å². The van der Waals surface area contributed by atoms with E-state index in [1.54, 1.807) is 13.8 Å². The van der Waals surface area contributed by atoms with Gasteiger partial charge in [0.05, 0.1) is 6.61 Å². The molecule has 0 fully saturated rings. The minimum Gasteiger partial charge on any atom is -0.480 e. The van der Waals surface area contributed by atoms with Crippen LogP contribution in [-0.4, -0.2) is 39.5 Å². The molecule has 0 bridgehead atoms. The fourth-order valence-electron chi connectivity index (χ4n) is 1.11. The van der Waals surface area contributed by atoms with Crippen molar-refractivity contribution in [3.05, 3.63) is 0 Å². The van der Waals surface area contributed by atoms with Gasteiger partial charge in [-0.05, 0) is 12.8 Å². The highest BCUT2D eigenvalue weighted by atomic mass is 32.2. The van der Waals surface area contributed by atoms with E-state index >= 15 is 0 Å². The lowest BCUT2D eigenvalue weighted by Crippen LogP contribution is -2.33. The van der Waals surface area contributed by atoms with Crippen molar-refractivity contribution < 1.29 is 18.8 Å². The maximum Gasteiger partial charge on any atom is 0.319 e. The summed E-state index contributed by atoms with van der Waals surface area (Å²) in [6.45, 7) is 6.30. The van der Waals surface area contributed by atoms with Crippen LogP contribution in [0.5, 0.6) is 0 Å². The molecule has 0 aromatic heterocycles. The lowest BCUT2D eigenvalue weighted by molar-refractivity contribution is -0.137. The molecule has 0 spiro atoms. The fourth-order valence-corrected chi connectivity index (χ4v) is 2.48. The maximum absolute atomic E-state index is 11.6. The van der Waals surface area contributed by atoms with E-state index in [0.717, 1.165) is 0 Å². The van der Waals surface area contributed by atoms with E-state index < -0.39 is 22.0 Å². The van der Waals surface area contributed by atoms with E-state index in [1.807, 2.05) is 6.92 Å². The molecule has 0 heterocycles. The van der Waals surface area contributed by atoms with E-state index in [9.17, 15) is 9.00 Å². The first-order chi connectivity index (χ1) is 6.50. The topological polar surface area (TPSA) is 63.6 Å². The van der Waals surface area contributed by atoms with E-state index in [-0.39, 0.29) is 5.92 Å². The quantitative estimate of drug-likeness (QED) is 0.649. The van der Waals surface area contributed by atoms with E-state index in [1.165, 1.54) is 0 Å². The molecule has 84 valence electrons. The molecule has 2 unspecified atom stereocenters. The summed E-state index contributed by atoms with van der Waals surface area (Å²) in [5.41, 5.74) is 0. The summed E-state index contributed by atoms with van der Waals surface area (Å²) in [7, 11) is -1.34. The number of carboxylic acids is 1. The van der Waals surface area contributed by atoms with Gasteiger partial charge in [0.2, 0.25) is 0 Å². The first-order valence-corrected chi connectivity index (χ1v) is 6.06. The van der Waals surface area contributed by atoms with Crippen molar-refractivity contribution in [1.29, 1.82) is 0 Å². The average molecular weight is 222 g/mol. The molecule has 2 atom stereocenters. The van der Waals surface area contributed by atoms with E-state index in [0.29, 0.717) is 19.0 Å². The fraction of sp³-hybridized carbons (Fsp3) is 0.889. The SMILES string of the molecule is CCOCCS(=O)C(C(=O)O)C(C)C. The Balaban J connectivity index is 4.10. The van der Waals surface area contributed by atoms with Crippen LogP contribution < -0.4 is 0 Å². The van der Waals surface area contributed by atoms with Crippen LogP contribution in [0.15, 0.2) is 0 Å². The first kappa shape index (κ1) is 13.6. The van der Waals surface area contributed by atoms with Crippen molar-refractivity contribution in [2.45, 2.75) is 26.0 Å². The zero-order valence-electron chi connectivity index (χ0n) is 8.86. The normalized spacial score (nSPS) is 15.4. The highest BCUT2D eigenvalue weighted by molar-refractivity contribution is 7.86. The van der Waals surface area contributed by atoms with Gasteiger partial charge in [-0.25, -0.2) is 0 Å². The van der Waals surface area contributed by atoms with Crippen molar-refractivity contribution >= 4 is 16.8 Å². The Morgan fingerprint density at radius 2 is 2.07 bits per heavy atom. The second kappa shape index (κ2) is 6.95. The number of rotatable bonds is 7. The summed E-state index contributed by atoms with van der Waals surface area (Å²) in [6, 6.07) is 0. The van der Waals surface area contributed by atoms with Crippen LogP contribution in [0.4, 0.5) is 0 Å². The van der Waals surface area contributed by atoms with E-state index in [2.05, 4.69) is 0 Å². The summed E-state index contributed by atoms with van der Waals surface area (Å²) in [6.07, 6.45) is 0. The summed E-state index contributed by atoms with van der Waals surface area (Å²) in [4.78, 5) is 10.8. The monoisotopic (exact) mass is 222 g/mol. The average Bonchev–Trinajstić information content (AvgIpc) is 2.03. The van der Waals surface area contributed by atoms with Gasteiger partial charge in [-0.15, -0.1) is 0 Å². The molecule has 4 nitrogen and oxygen atoms in total. The van der Waals surface area contributed by atoms with Crippen LogP contribution in [0.3, 0.4) is 0 Å². The molecule has 5 heteroatoms. The smallest absolute Gasteiger partial charge is 0.319 e. The number of hydrogen-bond acceptors (Lipinski definition) is 3. The standard InChI is InChI=1S/C9H18O4S/c1-4-13-5-6-14(12)8(7(2)3)9(10)11/h7-8H,4-6H2,1-3H3,(H,10,11). The maximum atomic E-state index is 11.6. The van der Waals surface area contributed by atoms with Gasteiger partial charge in [0.25, 0.3) is 0 Å². The number of hydrogen-bond donors (Lipinski definition) is 1. The molecule has 14 heavy (non-hydrogen) atoms. The molecule has 0 aromatic rings. The van der Waals surface area contributed by atoms with Gasteiger partial charge in [0.1, 0.15) is 5.25 Å². The van der Waals surface area contributed by atoms with Crippen LogP contribution in [0.1, 0.15) is 20.8 Å². The molecule has 0 aromatic carbocycles. The molecule has 0 aliphatic rings. The Labute approximate surface area is 87.1 Å². The Bertz CT molecular complexity index is 203. The number of carbonyl (C=O) groups is 1. The third kappa shape index (κ3) is 4.72. The zero-order valence-corrected chi connectivity index (χ0v) is 9.67. The van der Waals surface area contributed by atoms with Crippen LogP contribution in [0.2, 0.25) is 0 Å². The highest BCUT2D eigenvalue weighted by Gasteiger charge is 2.27. The Morgan fingerprint density at radius 1 is 1.50 bits per heavy atom. The molecule has 0 aliphatic carbocycles. The van der Waals surface area contributed by atoms with Gasteiger partial charge in [-0.2, -0.15) is 0 Å². The zero-order chi connectivity index (χ0) is 11.1. The van der Waals surface area contributed by atoms with Crippen molar-refractivity contribution in [3.63, 3.8) is 0 Å². The molecular weight excluding hydrogens is 204 g/mol. The molecular formula is C9H18O4S. The summed E-state index contributed by atoms with van der Waals surface area (Å²) in [5, 5.41) is 8.05. The van der Waals surface area contributed by atoms with Gasteiger partial charge in [-0.3, -0.25) is 9.00 Å². The Hall–Kier alpha value is -0.420. The third-order valence-corrected chi connectivity index (χ3v) is 3.65. The predicted molar refractivity (Wildman–Crippen MR) is 55.8 cm³/mol. The lowest BCUT2D eigenvalue weighted by atomic mass is 10.1. The van der Waals surface area contributed by atoms with Crippen LogP contribution >= 0.6 is 0 Å². The number of ether oxygens (including phenoxy) is 1. The van der Waals surface area contributed by atoms with Gasteiger partial charge >= 0.3 is 5.97 Å². The molecule has 0 amide bonds. The van der Waals surface area contributed by atoms with Gasteiger partial charge in [-0.1, -0.05) is 13.8 Å². The molecule has 0 saturated carbocycles. The van der Waals surface area contributed by atoms with Gasteiger partial charge < -0.3 is 9.84 Å². The minimum absolute atomic E-state index is 0.116. The van der Waals surface area contributed by atoms with Gasteiger partial charge in [0.15, 0.2) is 0 Å². The number of aliphatic carboxylic acids is 1. The molecule has 1 N–H and O–H groups in total. The Morgan fingerprint density at radius 3 is 2.43 bits per heavy atom. The van der Waals surface area contributed by atoms with Crippen molar-refractivity contribution in [1.82, 2.24) is 0 Å². The van der Waals surface area contributed by atoms with Crippen LogP contribution in [0.25, 0.3) is 0 Å².